The highest BCUT2D eigenvalue weighted by molar-refractivity contribution is 6.30. The highest BCUT2D eigenvalue weighted by Gasteiger charge is 2.49. The molecule has 1 unspecified atom stereocenters. The van der Waals surface area contributed by atoms with E-state index in [1.807, 2.05) is 60.0 Å². The maximum Gasteiger partial charge on any atom is 0.303 e. The quantitative estimate of drug-likeness (QED) is 0.0493. The Hall–Kier alpha value is -5.32. The maximum absolute atomic E-state index is 10.8. The molecule has 1 aliphatic heterocycles. The second kappa shape index (κ2) is 20.6. The molecular formula is C46H53ClN6O6. The van der Waals surface area contributed by atoms with Gasteiger partial charge in [-0.1, -0.05) is 111 Å². The number of hydrogen-bond acceptors (Lipinski definition) is 9. The van der Waals surface area contributed by atoms with Crippen molar-refractivity contribution in [2.75, 3.05) is 0 Å². The number of aliphatic hydroxyl groups excluding tert-OH is 3. The fourth-order valence-corrected chi connectivity index (χ4v) is 8.22. The first-order valence-corrected chi connectivity index (χ1v) is 20.7. The van der Waals surface area contributed by atoms with Crippen LogP contribution in [0.25, 0.3) is 22.5 Å². The van der Waals surface area contributed by atoms with E-state index in [-0.39, 0.29) is 36.9 Å². The SMILES string of the molecule is CC#CCC(C)[C@H](O)/C=C/[C@@H]1[C@H]2c3cccc(CCCC(=O)O)c3O[C@H]2C[C@H]1O.CCCCc1nc(Cl)c(CO)n1Cc1ccc(-c2ccccc2-c2nn[nH]n2)cc1. The molecular weight excluding hydrogens is 768 g/mol. The number of nitrogens with zero attached hydrogens (tertiary/aromatic N) is 5. The molecule has 3 heterocycles. The van der Waals surface area contributed by atoms with Gasteiger partial charge in [-0.05, 0) is 59.6 Å². The Bertz CT molecular complexity index is 2250. The van der Waals surface area contributed by atoms with Crippen molar-refractivity contribution in [1.29, 1.82) is 0 Å². The zero-order valence-corrected chi connectivity index (χ0v) is 34.5. The van der Waals surface area contributed by atoms with Crippen LogP contribution in [0.2, 0.25) is 5.15 Å². The molecule has 2 aliphatic rings. The minimum Gasteiger partial charge on any atom is -0.489 e. The van der Waals surface area contributed by atoms with Gasteiger partial charge in [0, 0.05) is 55.2 Å². The molecule has 5 aromatic rings. The fraction of sp³-hybridized carbons (Fsp3) is 0.413. The molecule has 0 radical (unpaired) electrons. The van der Waals surface area contributed by atoms with E-state index in [0.29, 0.717) is 48.9 Å². The number of unbranched alkanes of at least 4 members (excludes halogenated alkanes) is 1. The molecule has 310 valence electrons. The molecule has 59 heavy (non-hydrogen) atoms. The van der Waals surface area contributed by atoms with Gasteiger partial charge in [-0.3, -0.25) is 4.79 Å². The number of aromatic nitrogens is 6. The zero-order chi connectivity index (χ0) is 41.9. The number of hydrogen-bond donors (Lipinski definition) is 5. The number of ether oxygens (including phenoxy) is 1. The lowest BCUT2D eigenvalue weighted by molar-refractivity contribution is -0.137. The number of aryl methyl sites for hydroxylation is 2. The number of aliphatic hydroxyl groups is 3. The van der Waals surface area contributed by atoms with Gasteiger partial charge in [0.05, 0.1) is 24.5 Å². The summed E-state index contributed by atoms with van der Waals surface area (Å²) in [6.45, 7) is 6.38. The van der Waals surface area contributed by atoms with Crippen LogP contribution in [-0.2, 0) is 30.8 Å². The molecule has 12 nitrogen and oxygen atoms in total. The first-order chi connectivity index (χ1) is 28.6. The number of fused-ring (bicyclic) bond motifs is 3. The Morgan fingerprint density at radius 1 is 1.08 bits per heavy atom. The summed E-state index contributed by atoms with van der Waals surface area (Å²) < 4.78 is 8.23. The van der Waals surface area contributed by atoms with E-state index in [1.54, 1.807) is 13.0 Å². The standard InChI is InChI=1S/C24H30O5.C22H23ClN6O/c1-3-4-7-15(2)19(25)13-12-17-20(26)14-21-23(17)18-10-5-8-16(24(18)29-21)9-6-11-22(27)28;1-2-3-8-20-24-21(23)19(14-30)29(20)13-15-9-11-16(12-10-15)17-6-4-5-7-18(17)22-25-27-28-26-22/h5,8,10,12-13,15,17,19-21,23,25-26H,6-7,9,11,14H2,1-2H3,(H,27,28);4-7,9-12,30H,2-3,8,13-14H2,1H3,(H,25,26,27,28)/b13-12+;/t15?,17-,19+,20+,21-,23-;/m0./s1. The summed E-state index contributed by atoms with van der Waals surface area (Å²) in [6, 6.07) is 22.3. The number of nitrogens with one attached hydrogen (secondary N) is 1. The van der Waals surface area contributed by atoms with Gasteiger partial charge in [0.25, 0.3) is 0 Å². The molecule has 0 bridgehead atoms. The summed E-state index contributed by atoms with van der Waals surface area (Å²) in [7, 11) is 0. The van der Waals surface area contributed by atoms with Crippen molar-refractivity contribution < 1.29 is 30.0 Å². The Labute approximate surface area is 350 Å². The van der Waals surface area contributed by atoms with Gasteiger partial charge >= 0.3 is 5.97 Å². The van der Waals surface area contributed by atoms with E-state index < -0.39 is 18.2 Å². The smallest absolute Gasteiger partial charge is 0.303 e. The Morgan fingerprint density at radius 3 is 2.56 bits per heavy atom. The van der Waals surface area contributed by atoms with Crippen LogP contribution in [-0.4, -0.2) is 74.9 Å². The summed E-state index contributed by atoms with van der Waals surface area (Å²) in [5.41, 5.74) is 6.90. The van der Waals surface area contributed by atoms with E-state index in [4.69, 9.17) is 21.4 Å². The highest BCUT2D eigenvalue weighted by Crippen LogP contribution is 2.52. The molecule has 5 N–H and O–H groups in total. The lowest BCUT2D eigenvalue weighted by Gasteiger charge is -2.19. The van der Waals surface area contributed by atoms with Gasteiger partial charge in [0.15, 0.2) is 5.15 Å². The summed E-state index contributed by atoms with van der Waals surface area (Å²) in [6.07, 6.45) is 8.02. The van der Waals surface area contributed by atoms with Gasteiger partial charge in [-0.25, -0.2) is 4.98 Å². The van der Waals surface area contributed by atoms with Crippen LogP contribution in [0, 0.1) is 23.7 Å². The normalized spacial score (nSPS) is 18.9. The third-order valence-electron chi connectivity index (χ3n) is 11.2. The Morgan fingerprint density at radius 2 is 1.86 bits per heavy atom. The lowest BCUT2D eigenvalue weighted by atomic mass is 9.86. The number of aromatic amines is 1. The largest absolute Gasteiger partial charge is 0.489 e. The van der Waals surface area contributed by atoms with Gasteiger partial charge in [-0.15, -0.1) is 22.0 Å². The second-order valence-electron chi connectivity index (χ2n) is 15.2. The van der Waals surface area contributed by atoms with Crippen molar-refractivity contribution in [3.63, 3.8) is 0 Å². The van der Waals surface area contributed by atoms with Gasteiger partial charge in [-0.2, -0.15) is 5.21 Å². The number of rotatable bonds is 16. The number of tetrazole rings is 1. The number of aliphatic carboxylic acids is 1. The van der Waals surface area contributed by atoms with Crippen LogP contribution in [0.3, 0.4) is 0 Å². The average molecular weight is 821 g/mol. The molecule has 0 spiro atoms. The first kappa shape index (κ1) is 43.3. The fourth-order valence-electron chi connectivity index (χ4n) is 7.96. The summed E-state index contributed by atoms with van der Waals surface area (Å²) in [4.78, 5) is 15.3. The predicted octanol–water partition coefficient (Wildman–Crippen LogP) is 7.55. The lowest BCUT2D eigenvalue weighted by Crippen LogP contribution is -2.19. The molecule has 1 fully saturated rings. The third kappa shape index (κ3) is 10.5. The number of carboxylic acids is 1. The molecule has 1 aliphatic carbocycles. The number of carboxylic acid groups (broad SMARTS) is 1. The Kier molecular flexibility index (Phi) is 15.1. The van der Waals surface area contributed by atoms with E-state index in [2.05, 4.69) is 68.6 Å². The molecule has 1 saturated carbocycles. The number of H-pyrrole nitrogens is 1. The number of para-hydroxylation sites is 1. The zero-order valence-electron chi connectivity index (χ0n) is 33.8. The minimum atomic E-state index is -0.790. The van der Waals surface area contributed by atoms with Crippen molar-refractivity contribution in [2.24, 2.45) is 11.8 Å². The Balaban J connectivity index is 0.000000199. The topological polar surface area (TPSA) is 180 Å². The summed E-state index contributed by atoms with van der Waals surface area (Å²) in [5, 5.41) is 54.4. The van der Waals surface area contributed by atoms with Crippen molar-refractivity contribution in [1.82, 2.24) is 30.2 Å². The molecule has 6 atom stereocenters. The van der Waals surface area contributed by atoms with Crippen molar-refractivity contribution in [2.45, 2.75) is 110 Å². The number of benzene rings is 3. The van der Waals surface area contributed by atoms with Crippen LogP contribution in [0.1, 0.15) is 93.4 Å². The number of halogens is 1. The van der Waals surface area contributed by atoms with Crippen LogP contribution in [0.15, 0.2) is 78.9 Å². The van der Waals surface area contributed by atoms with E-state index in [9.17, 15) is 20.1 Å². The molecule has 2 aromatic heterocycles. The van der Waals surface area contributed by atoms with Crippen molar-refractivity contribution >= 4 is 17.6 Å². The number of imidazole rings is 1. The first-order valence-electron chi connectivity index (χ1n) is 20.3. The monoisotopic (exact) mass is 820 g/mol. The molecule has 0 amide bonds. The van der Waals surface area contributed by atoms with Gasteiger partial charge in [0.2, 0.25) is 5.82 Å². The second-order valence-corrected chi connectivity index (χ2v) is 15.6. The molecule has 0 saturated heterocycles. The highest BCUT2D eigenvalue weighted by atomic mass is 35.5. The van der Waals surface area contributed by atoms with Crippen molar-refractivity contribution in [3.05, 3.63) is 112 Å². The molecule has 7 rings (SSSR count). The van der Waals surface area contributed by atoms with Crippen molar-refractivity contribution in [3.8, 4) is 40.1 Å². The van der Waals surface area contributed by atoms with Crippen LogP contribution in [0.4, 0.5) is 0 Å². The maximum atomic E-state index is 10.8. The minimum absolute atomic E-state index is 0.0287. The molecule has 3 aromatic carbocycles. The predicted molar refractivity (Wildman–Crippen MR) is 227 cm³/mol. The van der Waals surface area contributed by atoms with Crippen LogP contribution >= 0.6 is 11.6 Å². The van der Waals surface area contributed by atoms with E-state index in [1.165, 1.54) is 0 Å². The van der Waals surface area contributed by atoms with Gasteiger partial charge < -0.3 is 29.7 Å². The van der Waals surface area contributed by atoms with E-state index >= 15 is 0 Å². The summed E-state index contributed by atoms with van der Waals surface area (Å²) in [5.74, 6) is 7.35. The van der Waals surface area contributed by atoms with Crippen LogP contribution < -0.4 is 4.74 Å². The van der Waals surface area contributed by atoms with Gasteiger partial charge in [0.1, 0.15) is 17.7 Å². The molecule has 13 heteroatoms. The summed E-state index contributed by atoms with van der Waals surface area (Å²) >= 11 is 6.26. The third-order valence-corrected chi connectivity index (χ3v) is 11.5. The average Bonchev–Trinajstić information content (AvgIpc) is 4.03. The van der Waals surface area contributed by atoms with Crippen LogP contribution in [0.5, 0.6) is 5.75 Å². The number of carbonyl (C=O) groups is 1. The van der Waals surface area contributed by atoms with E-state index in [0.717, 1.165) is 64.2 Å².